The standard InChI is InChI=1S/C12H19N5O3S/c1-10-11(8-18)12(16-15-10)21(19,20)14-4-2-3-6-17-7-5-13-9-17/h5,7,9,14,18H,2-4,6,8H2,1H3,(H,15,16). The van der Waals surface area contributed by atoms with Gasteiger partial charge in [0.25, 0.3) is 10.0 Å². The van der Waals surface area contributed by atoms with Gasteiger partial charge in [-0.15, -0.1) is 0 Å². The predicted octanol–water partition coefficient (Wildman–Crippen LogP) is 0.166. The zero-order valence-corrected chi connectivity index (χ0v) is 12.6. The summed E-state index contributed by atoms with van der Waals surface area (Å²) in [7, 11) is -3.69. The van der Waals surface area contributed by atoms with Gasteiger partial charge in [0.05, 0.1) is 12.9 Å². The second-order valence-electron chi connectivity index (χ2n) is 4.70. The first-order valence-corrected chi connectivity index (χ1v) is 8.13. The van der Waals surface area contributed by atoms with Gasteiger partial charge in [-0.25, -0.2) is 18.1 Å². The Bertz CT molecular complexity index is 663. The summed E-state index contributed by atoms with van der Waals surface area (Å²) in [6, 6.07) is 0. The first kappa shape index (κ1) is 15.7. The summed E-state index contributed by atoms with van der Waals surface area (Å²) in [5, 5.41) is 15.4. The van der Waals surface area contributed by atoms with Gasteiger partial charge in [-0.3, -0.25) is 5.10 Å². The van der Waals surface area contributed by atoms with Crippen molar-refractivity contribution in [1.82, 2.24) is 24.5 Å². The molecule has 2 heterocycles. The van der Waals surface area contributed by atoms with Gasteiger partial charge in [0, 0.05) is 36.7 Å². The normalized spacial score (nSPS) is 11.9. The molecule has 0 radical (unpaired) electrons. The van der Waals surface area contributed by atoms with E-state index in [-0.39, 0.29) is 11.6 Å². The average Bonchev–Trinajstić information content (AvgIpc) is 3.07. The van der Waals surface area contributed by atoms with Crippen molar-refractivity contribution in [1.29, 1.82) is 0 Å². The van der Waals surface area contributed by atoms with Gasteiger partial charge in [0.2, 0.25) is 0 Å². The van der Waals surface area contributed by atoms with E-state index in [9.17, 15) is 13.5 Å². The highest BCUT2D eigenvalue weighted by molar-refractivity contribution is 7.89. The third-order valence-corrected chi connectivity index (χ3v) is 4.57. The Morgan fingerprint density at radius 3 is 2.90 bits per heavy atom. The number of aromatic nitrogens is 4. The van der Waals surface area contributed by atoms with Gasteiger partial charge >= 0.3 is 0 Å². The molecule has 9 heteroatoms. The molecule has 8 nitrogen and oxygen atoms in total. The molecule has 0 saturated heterocycles. The van der Waals surface area contributed by atoms with Crippen molar-refractivity contribution in [3.63, 3.8) is 0 Å². The summed E-state index contributed by atoms with van der Waals surface area (Å²) in [4.78, 5) is 3.94. The number of hydrogen-bond acceptors (Lipinski definition) is 5. The summed E-state index contributed by atoms with van der Waals surface area (Å²) < 4.78 is 28.6. The fourth-order valence-electron chi connectivity index (χ4n) is 1.95. The molecule has 0 aliphatic rings. The van der Waals surface area contributed by atoms with Crippen LogP contribution in [-0.4, -0.2) is 39.8 Å². The van der Waals surface area contributed by atoms with Crippen LogP contribution in [0.25, 0.3) is 0 Å². The van der Waals surface area contributed by atoms with Gasteiger partial charge < -0.3 is 9.67 Å². The third-order valence-electron chi connectivity index (χ3n) is 3.14. The minimum atomic E-state index is -3.69. The van der Waals surface area contributed by atoms with Crippen LogP contribution < -0.4 is 4.72 Å². The van der Waals surface area contributed by atoms with Crippen molar-refractivity contribution in [3.05, 3.63) is 30.0 Å². The highest BCUT2D eigenvalue weighted by Crippen LogP contribution is 2.15. The quantitative estimate of drug-likeness (QED) is 0.601. The highest BCUT2D eigenvalue weighted by atomic mass is 32.2. The first-order valence-electron chi connectivity index (χ1n) is 6.64. The molecule has 0 spiro atoms. The van der Waals surface area contributed by atoms with E-state index >= 15 is 0 Å². The minimum Gasteiger partial charge on any atom is -0.392 e. The molecule has 116 valence electrons. The maximum Gasteiger partial charge on any atom is 0.260 e. The molecule has 2 aromatic rings. The van der Waals surface area contributed by atoms with Crippen LogP contribution in [0.3, 0.4) is 0 Å². The summed E-state index contributed by atoms with van der Waals surface area (Å²) in [5.74, 6) is 0. The Balaban J connectivity index is 1.84. The van der Waals surface area contributed by atoms with Crippen LogP contribution in [0.4, 0.5) is 0 Å². The SMILES string of the molecule is Cc1[nH]nc(S(=O)(=O)NCCCCn2ccnc2)c1CO. The van der Waals surface area contributed by atoms with Crippen LogP contribution in [0, 0.1) is 6.92 Å². The van der Waals surface area contributed by atoms with Gasteiger partial charge in [-0.2, -0.15) is 5.10 Å². The number of aromatic amines is 1. The molecule has 2 rings (SSSR count). The van der Waals surface area contributed by atoms with Crippen molar-refractivity contribution in [3.8, 4) is 0 Å². The average molecular weight is 313 g/mol. The van der Waals surface area contributed by atoms with E-state index in [4.69, 9.17) is 0 Å². The molecule has 21 heavy (non-hydrogen) atoms. The molecule has 0 amide bonds. The lowest BCUT2D eigenvalue weighted by Gasteiger charge is -2.06. The first-order chi connectivity index (χ1) is 10.0. The number of nitrogens with zero attached hydrogens (tertiary/aromatic N) is 3. The topological polar surface area (TPSA) is 113 Å². The van der Waals surface area contributed by atoms with Crippen molar-refractivity contribution < 1.29 is 13.5 Å². The van der Waals surface area contributed by atoms with Crippen molar-refractivity contribution in [2.24, 2.45) is 0 Å². The number of hydrogen-bond donors (Lipinski definition) is 3. The van der Waals surface area contributed by atoms with E-state index in [2.05, 4.69) is 19.9 Å². The number of imidazole rings is 1. The van der Waals surface area contributed by atoms with Crippen LogP contribution in [0.1, 0.15) is 24.1 Å². The molecule has 0 fully saturated rings. The second-order valence-corrected chi connectivity index (χ2v) is 6.38. The molecule has 0 saturated carbocycles. The third kappa shape index (κ3) is 3.90. The number of nitrogens with one attached hydrogen (secondary N) is 2. The molecule has 0 atom stereocenters. The molecule has 0 aliphatic carbocycles. The summed E-state index contributed by atoms with van der Waals surface area (Å²) >= 11 is 0. The van der Waals surface area contributed by atoms with E-state index in [0.29, 0.717) is 24.2 Å². The number of aliphatic hydroxyl groups excluding tert-OH is 1. The largest absolute Gasteiger partial charge is 0.392 e. The molecule has 0 aromatic carbocycles. The van der Waals surface area contributed by atoms with Crippen LogP contribution >= 0.6 is 0 Å². The lowest BCUT2D eigenvalue weighted by Crippen LogP contribution is -2.26. The van der Waals surface area contributed by atoms with Gasteiger partial charge in [-0.1, -0.05) is 0 Å². The Labute approximate surface area is 123 Å². The summed E-state index contributed by atoms with van der Waals surface area (Å²) in [6.07, 6.45) is 6.84. The molecule has 0 bridgehead atoms. The lowest BCUT2D eigenvalue weighted by molar-refractivity contribution is 0.277. The number of aryl methyl sites for hydroxylation is 2. The molecule has 0 aliphatic heterocycles. The molecular weight excluding hydrogens is 294 g/mol. The van der Waals surface area contributed by atoms with Gasteiger partial charge in [0.15, 0.2) is 5.03 Å². The Morgan fingerprint density at radius 1 is 1.43 bits per heavy atom. The van der Waals surface area contributed by atoms with E-state index in [0.717, 1.165) is 13.0 Å². The Hall–Kier alpha value is -1.71. The van der Waals surface area contributed by atoms with Crippen LogP contribution in [-0.2, 0) is 23.2 Å². The monoisotopic (exact) mass is 313 g/mol. The summed E-state index contributed by atoms with van der Waals surface area (Å²) in [5.41, 5.74) is 0.860. The Kier molecular flexibility index (Phi) is 5.10. The molecule has 0 unspecified atom stereocenters. The van der Waals surface area contributed by atoms with E-state index in [1.807, 2.05) is 10.8 Å². The van der Waals surface area contributed by atoms with Crippen molar-refractivity contribution in [2.45, 2.75) is 37.9 Å². The number of aliphatic hydroxyl groups is 1. The van der Waals surface area contributed by atoms with Crippen molar-refractivity contribution >= 4 is 10.0 Å². The fraction of sp³-hybridized carbons (Fsp3) is 0.500. The molecule has 2 aromatic heterocycles. The van der Waals surface area contributed by atoms with Gasteiger partial charge in [-0.05, 0) is 19.8 Å². The van der Waals surface area contributed by atoms with E-state index in [1.165, 1.54) is 0 Å². The fourth-order valence-corrected chi connectivity index (χ4v) is 3.21. The van der Waals surface area contributed by atoms with Crippen LogP contribution in [0.5, 0.6) is 0 Å². The van der Waals surface area contributed by atoms with E-state index in [1.54, 1.807) is 19.4 Å². The zero-order chi connectivity index (χ0) is 15.3. The van der Waals surface area contributed by atoms with E-state index < -0.39 is 10.0 Å². The predicted molar refractivity (Wildman–Crippen MR) is 75.9 cm³/mol. The lowest BCUT2D eigenvalue weighted by atomic mass is 10.3. The maximum absolute atomic E-state index is 12.1. The molecule has 3 N–H and O–H groups in total. The zero-order valence-electron chi connectivity index (χ0n) is 11.8. The second kappa shape index (κ2) is 6.83. The smallest absolute Gasteiger partial charge is 0.260 e. The summed E-state index contributed by atoms with van der Waals surface area (Å²) in [6.45, 7) is 2.43. The maximum atomic E-state index is 12.1. The Morgan fingerprint density at radius 2 is 2.24 bits per heavy atom. The van der Waals surface area contributed by atoms with Crippen LogP contribution in [0.2, 0.25) is 0 Å². The van der Waals surface area contributed by atoms with Gasteiger partial charge in [0.1, 0.15) is 0 Å². The number of rotatable bonds is 8. The molecular formula is C12H19N5O3S. The number of unbranched alkanes of at least 4 members (excludes halogenated alkanes) is 1. The minimum absolute atomic E-state index is 0.128. The highest BCUT2D eigenvalue weighted by Gasteiger charge is 2.22. The van der Waals surface area contributed by atoms with Crippen molar-refractivity contribution in [2.75, 3.05) is 6.54 Å². The number of sulfonamides is 1. The number of H-pyrrole nitrogens is 1. The van der Waals surface area contributed by atoms with Crippen LogP contribution in [0.15, 0.2) is 23.7 Å².